The molecule has 0 spiro atoms. The van der Waals surface area contributed by atoms with Crippen molar-refractivity contribution in [2.24, 2.45) is 0 Å². The van der Waals surface area contributed by atoms with Crippen molar-refractivity contribution in [3.05, 3.63) is 0 Å². The van der Waals surface area contributed by atoms with E-state index in [4.69, 9.17) is 4.74 Å². The van der Waals surface area contributed by atoms with Gasteiger partial charge in [-0.1, -0.05) is 13.8 Å². The molecule has 1 atom stereocenters. The van der Waals surface area contributed by atoms with Crippen LogP contribution in [-0.2, 0) is 14.6 Å². The van der Waals surface area contributed by atoms with Gasteiger partial charge < -0.3 is 9.84 Å². The first-order valence-corrected chi connectivity index (χ1v) is 7.87. The molecule has 5 heteroatoms. The number of aliphatic hydroxyl groups is 1. The van der Waals surface area contributed by atoms with Crippen LogP contribution in [0.3, 0.4) is 0 Å². The Balaban J connectivity index is 4.55. The maximum atomic E-state index is 11.0. The molecule has 0 saturated carbocycles. The van der Waals surface area contributed by atoms with Crippen molar-refractivity contribution in [3.8, 4) is 0 Å². The second-order valence-corrected chi connectivity index (χ2v) is 6.40. The minimum atomic E-state index is -3.03. The van der Waals surface area contributed by atoms with Crippen molar-refractivity contribution < 1.29 is 18.3 Å². The number of hydrogen-bond donors (Lipinski definition) is 1. The minimum Gasteiger partial charge on any atom is -0.390 e. The summed E-state index contributed by atoms with van der Waals surface area (Å²) in [5, 5.41) is 10.1. The molecule has 0 aromatic heterocycles. The van der Waals surface area contributed by atoms with Gasteiger partial charge in [-0.3, -0.25) is 0 Å². The fourth-order valence-corrected chi connectivity index (χ4v) is 2.55. The van der Waals surface area contributed by atoms with Gasteiger partial charge in [-0.25, -0.2) is 8.42 Å². The fourth-order valence-electron chi connectivity index (χ4n) is 1.90. The maximum Gasteiger partial charge on any atom is 0.147 e. The Morgan fingerprint density at radius 2 is 1.75 bits per heavy atom. The zero-order valence-electron chi connectivity index (χ0n) is 10.7. The average Bonchev–Trinajstić information content (AvgIpc) is 2.21. The second kappa shape index (κ2) is 6.57. The van der Waals surface area contributed by atoms with Crippen molar-refractivity contribution >= 4 is 9.84 Å². The minimum absolute atomic E-state index is 0.00297. The van der Waals surface area contributed by atoms with Crippen molar-refractivity contribution in [1.82, 2.24) is 0 Å². The molecule has 0 aliphatic carbocycles. The lowest BCUT2D eigenvalue weighted by Gasteiger charge is -2.36. The summed E-state index contributed by atoms with van der Waals surface area (Å²) in [6.07, 6.45) is 2.06. The van der Waals surface area contributed by atoms with Crippen LogP contribution in [0.1, 0.15) is 40.0 Å². The molecule has 0 heterocycles. The van der Waals surface area contributed by atoms with Crippen LogP contribution in [0, 0.1) is 0 Å². The first kappa shape index (κ1) is 15.9. The lowest BCUT2D eigenvalue weighted by atomic mass is 9.89. The van der Waals surface area contributed by atoms with Gasteiger partial charge >= 0.3 is 0 Å². The summed E-state index contributed by atoms with van der Waals surface area (Å²) >= 11 is 0. The molecule has 0 aliphatic heterocycles. The molecular formula is C11H24O4S. The van der Waals surface area contributed by atoms with E-state index in [1.807, 2.05) is 20.8 Å². The van der Waals surface area contributed by atoms with E-state index in [-0.39, 0.29) is 12.2 Å². The molecule has 0 radical (unpaired) electrons. The van der Waals surface area contributed by atoms with Gasteiger partial charge in [-0.05, 0) is 26.2 Å². The number of hydrogen-bond acceptors (Lipinski definition) is 4. The third-order valence-corrected chi connectivity index (χ3v) is 3.98. The van der Waals surface area contributed by atoms with Crippen LogP contribution in [0.5, 0.6) is 0 Å². The van der Waals surface area contributed by atoms with E-state index in [2.05, 4.69) is 0 Å². The van der Waals surface area contributed by atoms with E-state index in [0.717, 1.165) is 0 Å². The van der Waals surface area contributed by atoms with Gasteiger partial charge in [0, 0.05) is 12.9 Å². The first-order chi connectivity index (χ1) is 7.31. The summed E-state index contributed by atoms with van der Waals surface area (Å²) in [7, 11) is -3.03. The van der Waals surface area contributed by atoms with Gasteiger partial charge in [-0.15, -0.1) is 0 Å². The van der Waals surface area contributed by atoms with Gasteiger partial charge in [0.1, 0.15) is 9.84 Å². The number of rotatable bonds is 8. The normalized spacial score (nSPS) is 15.1. The number of aliphatic hydroxyl groups excluding tert-OH is 1. The highest BCUT2D eigenvalue weighted by molar-refractivity contribution is 7.90. The average molecular weight is 252 g/mol. The molecule has 98 valence electrons. The van der Waals surface area contributed by atoms with Crippen LogP contribution >= 0.6 is 0 Å². The summed E-state index contributed by atoms with van der Waals surface area (Å²) in [6, 6.07) is 0. The lowest BCUT2D eigenvalue weighted by Crippen LogP contribution is -2.44. The number of sulfone groups is 1. The summed E-state index contributed by atoms with van der Waals surface area (Å²) < 4.78 is 27.7. The van der Waals surface area contributed by atoms with Gasteiger partial charge in [-0.2, -0.15) is 0 Å². The monoisotopic (exact) mass is 252 g/mol. The first-order valence-electron chi connectivity index (χ1n) is 5.81. The van der Waals surface area contributed by atoms with Gasteiger partial charge in [0.05, 0.1) is 17.5 Å². The molecule has 4 nitrogen and oxygen atoms in total. The van der Waals surface area contributed by atoms with Crippen LogP contribution < -0.4 is 0 Å². The molecule has 0 rings (SSSR count). The smallest absolute Gasteiger partial charge is 0.147 e. The van der Waals surface area contributed by atoms with Crippen molar-refractivity contribution in [2.75, 3.05) is 18.6 Å². The summed E-state index contributed by atoms with van der Waals surface area (Å²) in [4.78, 5) is 0. The van der Waals surface area contributed by atoms with Crippen LogP contribution in [0.2, 0.25) is 0 Å². The van der Waals surface area contributed by atoms with Crippen molar-refractivity contribution in [3.63, 3.8) is 0 Å². The molecular weight excluding hydrogens is 228 g/mol. The summed E-state index contributed by atoms with van der Waals surface area (Å²) in [6.45, 7) is 6.30. The zero-order valence-corrected chi connectivity index (χ0v) is 11.5. The van der Waals surface area contributed by atoms with Crippen LogP contribution in [0.4, 0.5) is 0 Å². The molecule has 0 aromatic carbocycles. The SMILES string of the molecule is CCOC(CC)(CC)C(O)CCS(C)(=O)=O. The van der Waals surface area contributed by atoms with Crippen LogP contribution in [0.15, 0.2) is 0 Å². The maximum absolute atomic E-state index is 11.0. The van der Waals surface area contributed by atoms with Crippen LogP contribution in [0.25, 0.3) is 0 Å². The van der Waals surface area contributed by atoms with Gasteiger partial charge in [0.25, 0.3) is 0 Å². The largest absolute Gasteiger partial charge is 0.390 e. The Kier molecular flexibility index (Phi) is 6.51. The fraction of sp³-hybridized carbons (Fsp3) is 1.00. The Morgan fingerprint density at radius 1 is 1.25 bits per heavy atom. The molecule has 1 unspecified atom stereocenters. The van der Waals surface area contributed by atoms with E-state index in [1.165, 1.54) is 6.26 Å². The van der Waals surface area contributed by atoms with E-state index < -0.39 is 21.5 Å². The standard InChI is InChI=1S/C11H24O4S/c1-5-11(6-2,15-7-3)10(12)8-9-16(4,13)14/h10,12H,5-9H2,1-4H3. The Morgan fingerprint density at radius 3 is 2.06 bits per heavy atom. The summed E-state index contributed by atoms with van der Waals surface area (Å²) in [5.41, 5.74) is -0.598. The summed E-state index contributed by atoms with van der Waals surface area (Å²) in [5.74, 6) is 0.00297. The van der Waals surface area contributed by atoms with Gasteiger partial charge in [0.15, 0.2) is 0 Å². The molecule has 0 aliphatic rings. The van der Waals surface area contributed by atoms with Crippen molar-refractivity contribution in [1.29, 1.82) is 0 Å². The molecule has 1 N–H and O–H groups in total. The third kappa shape index (κ3) is 4.80. The van der Waals surface area contributed by atoms with E-state index in [1.54, 1.807) is 0 Å². The number of ether oxygens (including phenoxy) is 1. The molecule has 16 heavy (non-hydrogen) atoms. The van der Waals surface area contributed by atoms with Crippen LogP contribution in [-0.4, -0.2) is 43.8 Å². The Bertz CT molecular complexity index is 280. The van der Waals surface area contributed by atoms with E-state index >= 15 is 0 Å². The Labute approximate surface area is 98.9 Å². The Hall–Kier alpha value is -0.130. The highest BCUT2D eigenvalue weighted by atomic mass is 32.2. The van der Waals surface area contributed by atoms with Crippen molar-refractivity contribution in [2.45, 2.75) is 51.7 Å². The van der Waals surface area contributed by atoms with Gasteiger partial charge in [0.2, 0.25) is 0 Å². The second-order valence-electron chi connectivity index (χ2n) is 4.14. The highest BCUT2D eigenvalue weighted by Crippen LogP contribution is 2.27. The molecule has 0 bridgehead atoms. The predicted molar refractivity (Wildman–Crippen MR) is 65.3 cm³/mol. The van der Waals surface area contributed by atoms with E-state index in [9.17, 15) is 13.5 Å². The zero-order chi connectivity index (χ0) is 12.8. The quantitative estimate of drug-likeness (QED) is 0.709. The highest BCUT2D eigenvalue weighted by Gasteiger charge is 2.35. The lowest BCUT2D eigenvalue weighted by molar-refractivity contribution is -0.125. The third-order valence-electron chi connectivity index (χ3n) is 3.00. The molecule has 0 amide bonds. The molecule has 0 fully saturated rings. The predicted octanol–water partition coefficient (Wildman–Crippen LogP) is 1.38. The molecule has 0 aromatic rings. The molecule has 0 saturated heterocycles. The topological polar surface area (TPSA) is 63.6 Å². The van der Waals surface area contributed by atoms with E-state index in [0.29, 0.717) is 19.4 Å².